The number of fused-ring (bicyclic) bond motifs is 2. The van der Waals surface area contributed by atoms with Crippen LogP contribution in [0.5, 0.6) is 0 Å². The number of hydrogen-bond donors (Lipinski definition) is 3. The van der Waals surface area contributed by atoms with Gasteiger partial charge < -0.3 is 26.6 Å². The SMILES string of the molecule is CCCN(C(=O)NCCN(C)C)C(=O)[C@@H]1C[C@@H]2Cc3c(sc(N)c3C(N)=O)C[C@H]2N(C)C1. The number of nitrogens with one attached hydrogen (secondary N) is 1. The highest BCUT2D eigenvalue weighted by molar-refractivity contribution is 7.16. The zero-order valence-corrected chi connectivity index (χ0v) is 20.3. The molecule has 1 fully saturated rings. The van der Waals surface area contributed by atoms with Crippen molar-refractivity contribution in [2.24, 2.45) is 17.6 Å². The van der Waals surface area contributed by atoms with Crippen LogP contribution >= 0.6 is 11.3 Å². The van der Waals surface area contributed by atoms with Gasteiger partial charge in [0.1, 0.15) is 0 Å². The fourth-order valence-electron chi connectivity index (χ4n) is 5.03. The summed E-state index contributed by atoms with van der Waals surface area (Å²) in [5.74, 6) is -0.659. The summed E-state index contributed by atoms with van der Waals surface area (Å²) in [5, 5.41) is 3.36. The van der Waals surface area contributed by atoms with Crippen LogP contribution in [-0.2, 0) is 17.6 Å². The number of nitrogens with two attached hydrogens (primary N) is 2. The highest BCUT2D eigenvalue weighted by Gasteiger charge is 2.43. The normalized spacial score (nSPS) is 22.8. The Labute approximate surface area is 194 Å². The van der Waals surface area contributed by atoms with Gasteiger partial charge in [0.25, 0.3) is 5.91 Å². The number of primary amides is 1. The molecule has 1 saturated heterocycles. The summed E-state index contributed by atoms with van der Waals surface area (Å²) < 4.78 is 0. The first-order valence-electron chi connectivity index (χ1n) is 11.3. The Kier molecular flexibility index (Phi) is 7.79. The minimum absolute atomic E-state index is 0.120. The molecule has 0 spiro atoms. The summed E-state index contributed by atoms with van der Waals surface area (Å²) >= 11 is 1.45. The minimum Gasteiger partial charge on any atom is -0.390 e. The van der Waals surface area contributed by atoms with Gasteiger partial charge in [-0.3, -0.25) is 14.5 Å². The predicted molar refractivity (Wildman–Crippen MR) is 127 cm³/mol. The van der Waals surface area contributed by atoms with E-state index in [4.69, 9.17) is 11.5 Å². The second-order valence-corrected chi connectivity index (χ2v) is 10.4. The first-order chi connectivity index (χ1) is 15.1. The first-order valence-corrected chi connectivity index (χ1v) is 12.1. The van der Waals surface area contributed by atoms with Gasteiger partial charge in [0, 0.05) is 37.1 Å². The standard InChI is InChI=1S/C22H36N6O3S/c1-5-7-28(22(31)25-6-8-26(2)3)21(30)14-9-13-10-15-17(11-16(13)27(4)12-14)32-20(24)18(15)19(23)29/h13-14,16H,5-12,24H2,1-4H3,(H2,23,29)(H,25,31)/t13-,14-,16-/m1/s1. The Hall–Kier alpha value is -2.17. The molecule has 178 valence electrons. The largest absolute Gasteiger partial charge is 0.390 e. The van der Waals surface area contributed by atoms with Gasteiger partial charge in [0.2, 0.25) is 5.91 Å². The van der Waals surface area contributed by atoms with Crippen LogP contribution in [-0.4, -0.2) is 85.9 Å². The average molecular weight is 465 g/mol. The molecule has 3 atom stereocenters. The maximum atomic E-state index is 13.4. The van der Waals surface area contributed by atoms with Crippen molar-refractivity contribution in [1.82, 2.24) is 20.0 Å². The maximum absolute atomic E-state index is 13.4. The molecular formula is C22H36N6O3S. The third kappa shape index (κ3) is 5.07. The van der Waals surface area contributed by atoms with E-state index in [0.29, 0.717) is 62.0 Å². The molecule has 0 aromatic carbocycles. The van der Waals surface area contributed by atoms with Crippen molar-refractivity contribution in [3.63, 3.8) is 0 Å². The molecule has 0 bridgehead atoms. The van der Waals surface area contributed by atoms with Gasteiger partial charge >= 0.3 is 6.03 Å². The van der Waals surface area contributed by atoms with Crippen LogP contribution in [0.3, 0.4) is 0 Å². The fraction of sp³-hybridized carbons (Fsp3) is 0.682. The molecule has 0 saturated carbocycles. The van der Waals surface area contributed by atoms with E-state index in [1.165, 1.54) is 16.2 Å². The van der Waals surface area contributed by atoms with Crippen LogP contribution in [0.1, 0.15) is 40.6 Å². The molecule has 0 unspecified atom stereocenters. The number of amides is 4. The van der Waals surface area contributed by atoms with Crippen LogP contribution in [0.4, 0.5) is 9.80 Å². The Bertz CT molecular complexity index is 870. The van der Waals surface area contributed by atoms with E-state index in [1.807, 2.05) is 33.0 Å². The number of nitrogen functional groups attached to an aromatic ring is 1. The Morgan fingerprint density at radius 3 is 2.56 bits per heavy atom. The molecule has 1 aromatic rings. The summed E-state index contributed by atoms with van der Waals surface area (Å²) in [4.78, 5) is 44.8. The number of imide groups is 1. The zero-order valence-electron chi connectivity index (χ0n) is 19.5. The fourth-order valence-corrected chi connectivity index (χ4v) is 6.19. The number of rotatable bonds is 7. The van der Waals surface area contributed by atoms with Gasteiger partial charge in [-0.25, -0.2) is 4.79 Å². The van der Waals surface area contributed by atoms with Gasteiger partial charge in [-0.05, 0) is 58.3 Å². The van der Waals surface area contributed by atoms with Gasteiger partial charge in [0.05, 0.1) is 16.5 Å². The van der Waals surface area contributed by atoms with Crippen molar-refractivity contribution in [3.05, 3.63) is 16.0 Å². The lowest BCUT2D eigenvalue weighted by atomic mass is 9.74. The topological polar surface area (TPSA) is 125 Å². The van der Waals surface area contributed by atoms with E-state index in [0.717, 1.165) is 16.9 Å². The van der Waals surface area contributed by atoms with Crippen molar-refractivity contribution in [1.29, 1.82) is 0 Å². The number of anilines is 1. The molecule has 2 aliphatic rings. The van der Waals surface area contributed by atoms with Crippen molar-refractivity contribution in [3.8, 4) is 0 Å². The van der Waals surface area contributed by atoms with Gasteiger partial charge in [-0.1, -0.05) is 6.92 Å². The molecule has 5 N–H and O–H groups in total. The van der Waals surface area contributed by atoms with Crippen LogP contribution in [0, 0.1) is 11.8 Å². The summed E-state index contributed by atoms with van der Waals surface area (Å²) in [6.07, 6.45) is 2.89. The van der Waals surface area contributed by atoms with Crippen molar-refractivity contribution < 1.29 is 14.4 Å². The number of likely N-dealkylation sites (tertiary alicyclic amines) is 1. The van der Waals surface area contributed by atoms with Crippen LogP contribution in [0.25, 0.3) is 0 Å². The lowest BCUT2D eigenvalue weighted by Crippen LogP contribution is -2.55. The second-order valence-electron chi connectivity index (χ2n) is 9.24. The van der Waals surface area contributed by atoms with E-state index in [9.17, 15) is 14.4 Å². The van der Waals surface area contributed by atoms with Crippen LogP contribution in [0.15, 0.2) is 0 Å². The number of carbonyl (C=O) groups excluding carboxylic acids is 3. The smallest absolute Gasteiger partial charge is 0.324 e. The van der Waals surface area contributed by atoms with Crippen molar-refractivity contribution in [2.75, 3.05) is 53.1 Å². The number of thiophene rings is 1. The highest BCUT2D eigenvalue weighted by Crippen LogP contribution is 2.43. The van der Waals surface area contributed by atoms with E-state index >= 15 is 0 Å². The molecule has 0 radical (unpaired) electrons. The van der Waals surface area contributed by atoms with Gasteiger partial charge in [-0.2, -0.15) is 0 Å². The number of piperidine rings is 1. The molecule has 2 heterocycles. The molecule has 1 aromatic heterocycles. The summed E-state index contributed by atoms with van der Waals surface area (Å²) in [6, 6.07) is -0.0325. The first kappa shape index (κ1) is 24.5. The second kappa shape index (κ2) is 10.2. The van der Waals surface area contributed by atoms with E-state index in [-0.39, 0.29) is 23.8 Å². The molecule has 10 heteroatoms. The van der Waals surface area contributed by atoms with Gasteiger partial charge in [0.15, 0.2) is 0 Å². The molecule has 1 aliphatic carbocycles. The third-order valence-corrected chi connectivity index (χ3v) is 7.66. The predicted octanol–water partition coefficient (Wildman–Crippen LogP) is 0.974. The maximum Gasteiger partial charge on any atom is 0.324 e. The molecule has 1 aliphatic heterocycles. The number of hydrogen-bond acceptors (Lipinski definition) is 7. The molecule has 9 nitrogen and oxygen atoms in total. The van der Waals surface area contributed by atoms with Crippen molar-refractivity contribution >= 4 is 34.2 Å². The Morgan fingerprint density at radius 1 is 1.22 bits per heavy atom. The summed E-state index contributed by atoms with van der Waals surface area (Å²) in [7, 11) is 5.92. The average Bonchev–Trinajstić information content (AvgIpc) is 3.04. The third-order valence-electron chi connectivity index (χ3n) is 6.57. The number of likely N-dealkylation sites (N-methyl/N-ethyl adjacent to an activating group) is 2. The van der Waals surface area contributed by atoms with E-state index in [1.54, 1.807) is 0 Å². The number of urea groups is 1. The molecular weight excluding hydrogens is 428 g/mol. The monoisotopic (exact) mass is 464 g/mol. The van der Waals surface area contributed by atoms with Crippen molar-refractivity contribution in [2.45, 2.75) is 38.6 Å². The number of nitrogens with zero attached hydrogens (tertiary/aromatic N) is 3. The van der Waals surface area contributed by atoms with Crippen LogP contribution in [0.2, 0.25) is 0 Å². The minimum atomic E-state index is -0.487. The lowest BCUT2D eigenvalue weighted by Gasteiger charge is -2.45. The van der Waals surface area contributed by atoms with E-state index < -0.39 is 5.91 Å². The summed E-state index contributed by atoms with van der Waals surface area (Å²) in [5.41, 5.74) is 13.1. The van der Waals surface area contributed by atoms with E-state index in [2.05, 4.69) is 10.2 Å². The Morgan fingerprint density at radius 2 is 1.94 bits per heavy atom. The number of carbonyl (C=O) groups is 3. The van der Waals surface area contributed by atoms with Crippen LogP contribution < -0.4 is 16.8 Å². The molecule has 4 amide bonds. The Balaban J connectivity index is 1.74. The highest BCUT2D eigenvalue weighted by atomic mass is 32.1. The zero-order chi connectivity index (χ0) is 23.6. The summed E-state index contributed by atoms with van der Waals surface area (Å²) in [6.45, 7) is 4.18. The lowest BCUT2D eigenvalue weighted by molar-refractivity contribution is -0.136. The molecule has 3 rings (SSSR count). The quantitative estimate of drug-likeness (QED) is 0.552. The molecule has 32 heavy (non-hydrogen) atoms. The van der Waals surface area contributed by atoms with Gasteiger partial charge in [-0.15, -0.1) is 11.3 Å².